The normalized spacial score (nSPS) is 20.4. The van der Waals surface area contributed by atoms with E-state index in [0.29, 0.717) is 11.8 Å². The molecule has 1 aromatic rings. The molecule has 1 fully saturated rings. The molecule has 2 atom stereocenters. The highest BCUT2D eigenvalue weighted by Crippen LogP contribution is 2.22. The van der Waals surface area contributed by atoms with Gasteiger partial charge in [0.1, 0.15) is 11.5 Å². The Morgan fingerprint density at radius 2 is 2.10 bits per heavy atom. The van der Waals surface area contributed by atoms with Gasteiger partial charge in [0.15, 0.2) is 6.10 Å². The summed E-state index contributed by atoms with van der Waals surface area (Å²) in [6, 6.07) is 7.66. The lowest BCUT2D eigenvalue weighted by Crippen LogP contribution is -2.47. The minimum absolute atomic E-state index is 0.0695. The Morgan fingerprint density at radius 3 is 2.80 bits per heavy atom. The minimum atomic E-state index is -0.470. The lowest BCUT2D eigenvalue weighted by Gasteiger charge is -2.35. The molecule has 0 spiro atoms. The van der Waals surface area contributed by atoms with Crippen LogP contribution in [0.25, 0.3) is 0 Å². The van der Waals surface area contributed by atoms with Crippen molar-refractivity contribution < 1.29 is 14.3 Å². The molecule has 0 radical (unpaired) electrons. The largest absolute Gasteiger partial charge is 0.497 e. The fourth-order valence-corrected chi connectivity index (χ4v) is 2.59. The Kier molecular flexibility index (Phi) is 4.88. The molecular formula is C16H23NO3. The highest BCUT2D eigenvalue weighted by molar-refractivity contribution is 5.81. The molecule has 1 aliphatic rings. The number of amides is 1. The number of piperidine rings is 1. The van der Waals surface area contributed by atoms with Gasteiger partial charge in [0, 0.05) is 18.7 Å². The van der Waals surface area contributed by atoms with Crippen LogP contribution < -0.4 is 9.47 Å². The van der Waals surface area contributed by atoms with Crippen molar-refractivity contribution >= 4 is 5.91 Å². The third-order valence-corrected chi connectivity index (χ3v) is 3.79. The summed E-state index contributed by atoms with van der Waals surface area (Å²) >= 11 is 0. The summed E-state index contributed by atoms with van der Waals surface area (Å²) in [6.07, 6.45) is 2.90. The number of hydrogen-bond acceptors (Lipinski definition) is 3. The van der Waals surface area contributed by atoms with Crippen LogP contribution in [0.4, 0.5) is 0 Å². The van der Waals surface area contributed by atoms with Crippen LogP contribution in [0.2, 0.25) is 0 Å². The van der Waals surface area contributed by atoms with Crippen molar-refractivity contribution in [3.8, 4) is 11.5 Å². The van der Waals surface area contributed by atoms with Gasteiger partial charge in [0.2, 0.25) is 0 Å². The molecule has 1 saturated heterocycles. The Hall–Kier alpha value is -1.71. The van der Waals surface area contributed by atoms with E-state index in [9.17, 15) is 4.79 Å². The van der Waals surface area contributed by atoms with E-state index >= 15 is 0 Å². The zero-order valence-electron chi connectivity index (χ0n) is 12.5. The topological polar surface area (TPSA) is 38.8 Å². The van der Waals surface area contributed by atoms with Gasteiger partial charge >= 0.3 is 0 Å². The van der Waals surface area contributed by atoms with Crippen molar-refractivity contribution in [3.63, 3.8) is 0 Å². The number of carbonyl (C=O) groups excluding carboxylic acids is 1. The van der Waals surface area contributed by atoms with E-state index in [1.165, 1.54) is 6.42 Å². The Morgan fingerprint density at radius 1 is 1.35 bits per heavy atom. The second kappa shape index (κ2) is 6.64. The smallest absolute Gasteiger partial charge is 0.263 e. The molecule has 2 unspecified atom stereocenters. The van der Waals surface area contributed by atoms with E-state index in [1.54, 1.807) is 13.2 Å². The van der Waals surface area contributed by atoms with Gasteiger partial charge in [-0.05, 0) is 45.2 Å². The van der Waals surface area contributed by atoms with Crippen molar-refractivity contribution in [1.82, 2.24) is 4.90 Å². The van der Waals surface area contributed by atoms with E-state index < -0.39 is 6.10 Å². The van der Waals surface area contributed by atoms with E-state index in [-0.39, 0.29) is 5.91 Å². The number of nitrogens with zero attached hydrogens (tertiary/aromatic N) is 1. The maximum absolute atomic E-state index is 12.4. The minimum Gasteiger partial charge on any atom is -0.497 e. The predicted octanol–water partition coefficient (Wildman–Crippen LogP) is 2.86. The molecule has 1 aliphatic heterocycles. The summed E-state index contributed by atoms with van der Waals surface area (Å²) in [7, 11) is 1.61. The molecule has 1 aromatic carbocycles. The van der Waals surface area contributed by atoms with Crippen LogP contribution in [0, 0.1) is 0 Å². The van der Waals surface area contributed by atoms with E-state index in [1.807, 2.05) is 30.0 Å². The monoisotopic (exact) mass is 277 g/mol. The standard InChI is InChI=1S/C16H23NO3/c1-12-7-4-5-10-17(12)16(18)13(2)20-15-9-6-8-14(11-15)19-3/h6,8-9,11-13H,4-5,7,10H2,1-3H3. The fraction of sp³-hybridized carbons (Fsp3) is 0.562. The van der Waals surface area contributed by atoms with Gasteiger partial charge in [-0.25, -0.2) is 0 Å². The first-order chi connectivity index (χ1) is 9.61. The van der Waals surface area contributed by atoms with Crippen molar-refractivity contribution in [1.29, 1.82) is 0 Å². The maximum Gasteiger partial charge on any atom is 0.263 e. The van der Waals surface area contributed by atoms with Gasteiger partial charge in [0.05, 0.1) is 7.11 Å². The van der Waals surface area contributed by atoms with Crippen molar-refractivity contribution in [2.75, 3.05) is 13.7 Å². The molecular weight excluding hydrogens is 254 g/mol. The molecule has 0 bridgehead atoms. The molecule has 0 aliphatic carbocycles. The zero-order chi connectivity index (χ0) is 14.5. The number of hydrogen-bond donors (Lipinski definition) is 0. The summed E-state index contributed by atoms with van der Waals surface area (Å²) in [4.78, 5) is 14.4. The number of methoxy groups -OCH3 is 1. The third-order valence-electron chi connectivity index (χ3n) is 3.79. The number of carbonyl (C=O) groups is 1. The molecule has 110 valence electrons. The molecule has 1 heterocycles. The van der Waals surface area contributed by atoms with Crippen LogP contribution in [0.5, 0.6) is 11.5 Å². The summed E-state index contributed by atoms with van der Waals surface area (Å²) in [5.74, 6) is 1.46. The predicted molar refractivity (Wildman–Crippen MR) is 78.1 cm³/mol. The zero-order valence-corrected chi connectivity index (χ0v) is 12.5. The first-order valence-corrected chi connectivity index (χ1v) is 7.23. The molecule has 4 nitrogen and oxygen atoms in total. The van der Waals surface area contributed by atoms with Gasteiger partial charge in [-0.2, -0.15) is 0 Å². The third kappa shape index (κ3) is 3.44. The maximum atomic E-state index is 12.4. The SMILES string of the molecule is COc1cccc(OC(C)C(=O)N2CCCCC2C)c1. The average Bonchev–Trinajstić information content (AvgIpc) is 2.47. The lowest BCUT2D eigenvalue weighted by molar-refractivity contribution is -0.141. The van der Waals surface area contributed by atoms with Gasteiger partial charge in [-0.15, -0.1) is 0 Å². The Balaban J connectivity index is 1.99. The van der Waals surface area contributed by atoms with Crippen LogP contribution in [0.3, 0.4) is 0 Å². The molecule has 2 rings (SSSR count). The van der Waals surface area contributed by atoms with Crippen molar-refractivity contribution in [3.05, 3.63) is 24.3 Å². The molecule has 1 amide bonds. The van der Waals surface area contributed by atoms with E-state index in [2.05, 4.69) is 6.92 Å². The number of benzene rings is 1. The summed E-state index contributed by atoms with van der Waals surface area (Å²) < 4.78 is 10.9. The van der Waals surface area contributed by atoms with E-state index in [0.717, 1.165) is 25.1 Å². The molecule has 0 N–H and O–H groups in total. The fourth-order valence-electron chi connectivity index (χ4n) is 2.59. The van der Waals surface area contributed by atoms with Gasteiger partial charge < -0.3 is 14.4 Å². The molecule has 0 aromatic heterocycles. The highest BCUT2D eigenvalue weighted by Gasteiger charge is 2.27. The molecule has 0 saturated carbocycles. The van der Waals surface area contributed by atoms with Crippen LogP contribution in [-0.2, 0) is 4.79 Å². The van der Waals surface area contributed by atoms with Crippen molar-refractivity contribution in [2.45, 2.75) is 45.3 Å². The highest BCUT2D eigenvalue weighted by atomic mass is 16.5. The van der Waals surface area contributed by atoms with Crippen LogP contribution in [0.15, 0.2) is 24.3 Å². The second-order valence-corrected chi connectivity index (χ2v) is 5.32. The second-order valence-electron chi connectivity index (χ2n) is 5.32. The van der Waals surface area contributed by atoms with Crippen LogP contribution in [0.1, 0.15) is 33.1 Å². The quantitative estimate of drug-likeness (QED) is 0.849. The summed E-state index contributed by atoms with van der Waals surface area (Å²) in [5.41, 5.74) is 0. The number of likely N-dealkylation sites (tertiary alicyclic amines) is 1. The number of rotatable bonds is 4. The first kappa shape index (κ1) is 14.7. The summed E-state index contributed by atoms with van der Waals surface area (Å²) in [5, 5.41) is 0. The van der Waals surface area contributed by atoms with Crippen LogP contribution >= 0.6 is 0 Å². The van der Waals surface area contributed by atoms with Crippen LogP contribution in [-0.4, -0.2) is 36.6 Å². The average molecular weight is 277 g/mol. The number of ether oxygens (including phenoxy) is 2. The van der Waals surface area contributed by atoms with Gasteiger partial charge in [-0.1, -0.05) is 6.07 Å². The Bertz CT molecular complexity index is 461. The Labute approximate surface area is 120 Å². The summed E-state index contributed by atoms with van der Waals surface area (Å²) in [6.45, 7) is 4.75. The lowest BCUT2D eigenvalue weighted by atomic mass is 10.0. The first-order valence-electron chi connectivity index (χ1n) is 7.23. The molecule has 20 heavy (non-hydrogen) atoms. The van der Waals surface area contributed by atoms with E-state index in [4.69, 9.17) is 9.47 Å². The van der Waals surface area contributed by atoms with Crippen molar-refractivity contribution in [2.24, 2.45) is 0 Å². The molecule has 4 heteroatoms. The van der Waals surface area contributed by atoms with Gasteiger partial charge in [-0.3, -0.25) is 4.79 Å². The van der Waals surface area contributed by atoms with Gasteiger partial charge in [0.25, 0.3) is 5.91 Å².